The van der Waals surface area contributed by atoms with Gasteiger partial charge in [-0.15, -0.1) is 11.8 Å². The highest BCUT2D eigenvalue weighted by molar-refractivity contribution is 7.99. The van der Waals surface area contributed by atoms with Crippen molar-refractivity contribution in [3.63, 3.8) is 0 Å². The van der Waals surface area contributed by atoms with Crippen molar-refractivity contribution in [2.24, 2.45) is 4.99 Å². The first-order valence-corrected chi connectivity index (χ1v) is 12.3. The molecule has 1 aromatic carbocycles. The molecule has 0 radical (unpaired) electrons. The SMILES string of the molecule is CCNS(=O)(=O)C1CCN(C(=NCC(=O)N(C)C)NCCSc2ccccc2)C1. The number of guanidine groups is 1. The minimum atomic E-state index is -3.34. The van der Waals surface area contributed by atoms with Crippen LogP contribution < -0.4 is 10.0 Å². The number of sulfonamides is 1. The zero-order valence-corrected chi connectivity index (χ0v) is 18.9. The summed E-state index contributed by atoms with van der Waals surface area (Å²) in [4.78, 5) is 21.0. The van der Waals surface area contributed by atoms with Crippen molar-refractivity contribution in [1.29, 1.82) is 0 Å². The maximum absolute atomic E-state index is 12.3. The number of hydrogen-bond acceptors (Lipinski definition) is 5. The van der Waals surface area contributed by atoms with Crippen LogP contribution in [0.3, 0.4) is 0 Å². The fraction of sp³-hybridized carbons (Fsp3) is 0.579. The molecule has 0 aromatic heterocycles. The Morgan fingerprint density at radius 3 is 2.69 bits per heavy atom. The number of carbonyl (C=O) groups is 1. The van der Waals surface area contributed by atoms with Gasteiger partial charge in [0, 0.05) is 50.9 Å². The second-order valence-corrected chi connectivity index (χ2v) is 10.1. The molecule has 2 rings (SSSR count). The third kappa shape index (κ3) is 7.52. The summed E-state index contributed by atoms with van der Waals surface area (Å²) in [5.41, 5.74) is 0. The molecule has 1 fully saturated rings. The van der Waals surface area contributed by atoms with E-state index in [1.807, 2.05) is 23.1 Å². The van der Waals surface area contributed by atoms with Crippen LogP contribution in [0.1, 0.15) is 13.3 Å². The van der Waals surface area contributed by atoms with Crippen molar-refractivity contribution >= 4 is 33.7 Å². The molecule has 1 amide bonds. The van der Waals surface area contributed by atoms with Crippen molar-refractivity contribution in [3.05, 3.63) is 30.3 Å². The summed E-state index contributed by atoms with van der Waals surface area (Å²) < 4.78 is 27.2. The number of nitrogens with zero attached hydrogens (tertiary/aromatic N) is 3. The number of likely N-dealkylation sites (tertiary alicyclic amines) is 1. The van der Waals surface area contributed by atoms with Crippen LogP contribution in [0.4, 0.5) is 0 Å². The lowest BCUT2D eigenvalue weighted by atomic mass is 10.4. The Morgan fingerprint density at radius 2 is 2.03 bits per heavy atom. The molecule has 8 nitrogen and oxygen atoms in total. The van der Waals surface area contributed by atoms with Crippen LogP contribution in [-0.4, -0.2) is 87.9 Å². The van der Waals surface area contributed by atoms with E-state index >= 15 is 0 Å². The summed E-state index contributed by atoms with van der Waals surface area (Å²) in [5, 5.41) is 2.82. The molecule has 1 aliphatic heterocycles. The maximum atomic E-state index is 12.3. The summed E-state index contributed by atoms with van der Waals surface area (Å²) in [7, 11) is 0.0455. The van der Waals surface area contributed by atoms with Gasteiger partial charge in [0.05, 0.1) is 5.25 Å². The summed E-state index contributed by atoms with van der Waals surface area (Å²) in [5.74, 6) is 1.32. The predicted octanol–water partition coefficient (Wildman–Crippen LogP) is 0.826. The number of rotatable bonds is 9. The van der Waals surface area contributed by atoms with E-state index in [9.17, 15) is 13.2 Å². The van der Waals surface area contributed by atoms with Gasteiger partial charge in [-0.25, -0.2) is 18.1 Å². The quantitative estimate of drug-likeness (QED) is 0.255. The molecule has 0 saturated carbocycles. The molecule has 162 valence electrons. The van der Waals surface area contributed by atoms with Crippen LogP contribution in [0, 0.1) is 0 Å². The van der Waals surface area contributed by atoms with Crippen molar-refractivity contribution in [3.8, 4) is 0 Å². The molecule has 1 aromatic rings. The number of benzene rings is 1. The van der Waals surface area contributed by atoms with Crippen LogP contribution in [0.5, 0.6) is 0 Å². The average Bonchev–Trinajstić information content (AvgIpc) is 3.19. The molecule has 0 aliphatic carbocycles. The number of aliphatic imine (C=N–C) groups is 1. The molecular formula is C19H31N5O3S2. The van der Waals surface area contributed by atoms with Gasteiger partial charge >= 0.3 is 0 Å². The number of carbonyl (C=O) groups excluding carboxylic acids is 1. The van der Waals surface area contributed by atoms with Crippen LogP contribution in [0.25, 0.3) is 0 Å². The minimum absolute atomic E-state index is 0.0300. The van der Waals surface area contributed by atoms with Gasteiger partial charge < -0.3 is 15.1 Å². The highest BCUT2D eigenvalue weighted by Crippen LogP contribution is 2.18. The average molecular weight is 442 g/mol. The fourth-order valence-electron chi connectivity index (χ4n) is 2.89. The minimum Gasteiger partial charge on any atom is -0.355 e. The molecule has 1 heterocycles. The van der Waals surface area contributed by atoms with Crippen molar-refractivity contribution in [2.75, 3.05) is 52.6 Å². The van der Waals surface area contributed by atoms with Crippen LogP contribution in [0.2, 0.25) is 0 Å². The van der Waals surface area contributed by atoms with Gasteiger partial charge in [0.15, 0.2) is 5.96 Å². The van der Waals surface area contributed by atoms with Crippen molar-refractivity contribution in [1.82, 2.24) is 19.8 Å². The second-order valence-electron chi connectivity index (χ2n) is 6.92. The Hall–Kier alpha value is -1.78. The van der Waals surface area contributed by atoms with E-state index in [-0.39, 0.29) is 12.5 Å². The lowest BCUT2D eigenvalue weighted by Crippen LogP contribution is -2.43. The zero-order valence-electron chi connectivity index (χ0n) is 17.3. The van der Waals surface area contributed by atoms with Crippen molar-refractivity contribution in [2.45, 2.75) is 23.5 Å². The summed E-state index contributed by atoms with van der Waals surface area (Å²) >= 11 is 1.73. The molecule has 0 spiro atoms. The summed E-state index contributed by atoms with van der Waals surface area (Å²) in [6.45, 7) is 3.80. The molecule has 2 N–H and O–H groups in total. The molecular weight excluding hydrogens is 410 g/mol. The first kappa shape index (κ1) is 23.5. The van der Waals surface area contributed by atoms with Gasteiger partial charge in [-0.2, -0.15) is 0 Å². The van der Waals surface area contributed by atoms with Gasteiger partial charge in [0.2, 0.25) is 15.9 Å². The molecule has 10 heteroatoms. The lowest BCUT2D eigenvalue weighted by Gasteiger charge is -2.22. The van der Waals surface area contributed by atoms with E-state index in [4.69, 9.17) is 0 Å². The number of hydrogen-bond donors (Lipinski definition) is 2. The highest BCUT2D eigenvalue weighted by Gasteiger charge is 2.34. The Morgan fingerprint density at radius 1 is 1.31 bits per heavy atom. The van der Waals surface area contributed by atoms with Gasteiger partial charge in [-0.3, -0.25) is 4.79 Å². The topological polar surface area (TPSA) is 94.1 Å². The Kier molecular flexibility index (Phi) is 9.25. The molecule has 1 unspecified atom stereocenters. The lowest BCUT2D eigenvalue weighted by molar-refractivity contribution is -0.127. The monoisotopic (exact) mass is 441 g/mol. The van der Waals surface area contributed by atoms with E-state index in [0.717, 1.165) is 5.75 Å². The van der Waals surface area contributed by atoms with Gasteiger partial charge in [0.1, 0.15) is 6.54 Å². The molecule has 0 bridgehead atoms. The van der Waals surface area contributed by atoms with E-state index in [1.54, 1.807) is 32.8 Å². The second kappa shape index (κ2) is 11.4. The third-order valence-corrected chi connectivity index (χ3v) is 7.46. The van der Waals surface area contributed by atoms with E-state index in [2.05, 4.69) is 27.2 Å². The summed E-state index contributed by atoms with van der Waals surface area (Å²) in [6.07, 6.45) is 0.538. The number of likely N-dealkylation sites (N-methyl/N-ethyl adjacent to an activating group) is 1. The predicted molar refractivity (Wildman–Crippen MR) is 119 cm³/mol. The highest BCUT2D eigenvalue weighted by atomic mass is 32.2. The first-order valence-electron chi connectivity index (χ1n) is 9.73. The van der Waals surface area contributed by atoms with Crippen LogP contribution in [-0.2, 0) is 14.8 Å². The largest absolute Gasteiger partial charge is 0.355 e. The molecule has 1 aliphatic rings. The van der Waals surface area contributed by atoms with E-state index < -0.39 is 15.3 Å². The van der Waals surface area contributed by atoms with E-state index in [0.29, 0.717) is 38.6 Å². The van der Waals surface area contributed by atoms with E-state index in [1.165, 1.54) is 9.80 Å². The number of thioether (sulfide) groups is 1. The van der Waals surface area contributed by atoms with Crippen molar-refractivity contribution < 1.29 is 13.2 Å². The maximum Gasteiger partial charge on any atom is 0.243 e. The number of nitrogens with one attached hydrogen (secondary N) is 2. The zero-order chi connectivity index (χ0) is 21.3. The Bertz CT molecular complexity index is 784. The Balaban J connectivity index is 1.97. The molecule has 1 saturated heterocycles. The van der Waals surface area contributed by atoms with Gasteiger partial charge in [-0.05, 0) is 18.6 Å². The standard InChI is InChI=1S/C19H31N5O3S2/c1-4-22-29(26,27)17-10-12-24(15-17)19(21-14-18(25)23(2)3)20-11-13-28-16-8-6-5-7-9-16/h5-9,17,22H,4,10-15H2,1-3H3,(H,20,21). The normalized spacial score (nSPS) is 17.4. The van der Waals surface area contributed by atoms with Crippen LogP contribution in [0.15, 0.2) is 40.2 Å². The molecule has 1 atom stereocenters. The fourth-order valence-corrected chi connectivity index (χ4v) is 5.11. The third-order valence-electron chi connectivity index (χ3n) is 4.49. The first-order chi connectivity index (χ1) is 13.8. The Labute approximate surface area is 178 Å². The van der Waals surface area contributed by atoms with Gasteiger partial charge in [-0.1, -0.05) is 25.1 Å². The van der Waals surface area contributed by atoms with Crippen LogP contribution >= 0.6 is 11.8 Å². The smallest absolute Gasteiger partial charge is 0.243 e. The molecule has 29 heavy (non-hydrogen) atoms. The van der Waals surface area contributed by atoms with Gasteiger partial charge in [0.25, 0.3) is 0 Å². The summed E-state index contributed by atoms with van der Waals surface area (Å²) in [6, 6.07) is 10.1. The number of amides is 1.